The zero-order valence-electron chi connectivity index (χ0n) is 13.8. The first-order chi connectivity index (χ1) is 11.6. The summed E-state index contributed by atoms with van der Waals surface area (Å²) < 4.78 is 4.70. The van der Waals surface area contributed by atoms with Crippen molar-refractivity contribution < 1.29 is 19.1 Å². The molecule has 24 heavy (non-hydrogen) atoms. The maximum atomic E-state index is 11.7. The van der Waals surface area contributed by atoms with E-state index in [0.717, 1.165) is 24.2 Å². The SMILES string of the molecule is CCOC(=O)NCCC(=O)NCc1ccc(N2CCCC2=O)cc1. The van der Waals surface area contributed by atoms with Crippen LogP contribution in [0.2, 0.25) is 0 Å². The van der Waals surface area contributed by atoms with Crippen molar-refractivity contribution in [3.63, 3.8) is 0 Å². The number of ether oxygens (including phenoxy) is 1. The largest absolute Gasteiger partial charge is 0.450 e. The van der Waals surface area contributed by atoms with Crippen molar-refractivity contribution in [3.8, 4) is 0 Å². The van der Waals surface area contributed by atoms with Crippen molar-refractivity contribution in [2.24, 2.45) is 0 Å². The highest BCUT2D eigenvalue weighted by atomic mass is 16.5. The summed E-state index contributed by atoms with van der Waals surface area (Å²) >= 11 is 0. The van der Waals surface area contributed by atoms with Gasteiger partial charge >= 0.3 is 6.09 Å². The lowest BCUT2D eigenvalue weighted by Gasteiger charge is -2.16. The van der Waals surface area contributed by atoms with Gasteiger partial charge in [-0.05, 0) is 31.0 Å². The van der Waals surface area contributed by atoms with Crippen LogP contribution in [0.1, 0.15) is 31.7 Å². The van der Waals surface area contributed by atoms with E-state index in [1.165, 1.54) is 0 Å². The summed E-state index contributed by atoms with van der Waals surface area (Å²) in [6, 6.07) is 7.59. The molecule has 130 valence electrons. The van der Waals surface area contributed by atoms with Crippen LogP contribution >= 0.6 is 0 Å². The molecule has 2 N–H and O–H groups in total. The zero-order valence-corrected chi connectivity index (χ0v) is 13.8. The van der Waals surface area contributed by atoms with E-state index in [2.05, 4.69) is 10.6 Å². The number of nitrogens with zero attached hydrogens (tertiary/aromatic N) is 1. The summed E-state index contributed by atoms with van der Waals surface area (Å²) in [7, 11) is 0. The molecule has 0 bridgehead atoms. The summed E-state index contributed by atoms with van der Waals surface area (Å²) in [5.74, 6) is 0.00995. The fourth-order valence-corrected chi connectivity index (χ4v) is 2.46. The fourth-order valence-electron chi connectivity index (χ4n) is 2.46. The molecule has 0 radical (unpaired) electrons. The zero-order chi connectivity index (χ0) is 17.4. The third kappa shape index (κ3) is 5.26. The van der Waals surface area contributed by atoms with Crippen LogP contribution in [0.5, 0.6) is 0 Å². The van der Waals surface area contributed by atoms with E-state index in [1.807, 2.05) is 24.3 Å². The molecule has 0 aliphatic carbocycles. The lowest BCUT2D eigenvalue weighted by atomic mass is 10.2. The molecule has 3 amide bonds. The highest BCUT2D eigenvalue weighted by Crippen LogP contribution is 2.21. The molecule has 7 nitrogen and oxygen atoms in total. The smallest absolute Gasteiger partial charge is 0.407 e. The molecule has 2 rings (SSSR count). The van der Waals surface area contributed by atoms with Gasteiger partial charge in [0.25, 0.3) is 0 Å². The average molecular weight is 333 g/mol. The Kier molecular flexibility index (Phi) is 6.60. The van der Waals surface area contributed by atoms with Crippen molar-refractivity contribution in [2.45, 2.75) is 32.7 Å². The monoisotopic (exact) mass is 333 g/mol. The molecule has 1 fully saturated rings. The van der Waals surface area contributed by atoms with Gasteiger partial charge in [-0.25, -0.2) is 4.79 Å². The van der Waals surface area contributed by atoms with Crippen molar-refractivity contribution >= 4 is 23.6 Å². The maximum Gasteiger partial charge on any atom is 0.407 e. The van der Waals surface area contributed by atoms with Crippen LogP contribution < -0.4 is 15.5 Å². The quantitative estimate of drug-likeness (QED) is 0.793. The predicted molar refractivity (Wildman–Crippen MR) is 89.5 cm³/mol. The Morgan fingerprint density at radius 3 is 2.58 bits per heavy atom. The van der Waals surface area contributed by atoms with Gasteiger partial charge < -0.3 is 20.3 Å². The van der Waals surface area contributed by atoms with E-state index in [9.17, 15) is 14.4 Å². The molecule has 0 spiro atoms. The first-order valence-electron chi connectivity index (χ1n) is 8.16. The molecule has 0 aromatic heterocycles. The molecule has 0 unspecified atom stereocenters. The Labute approximate surface area is 141 Å². The van der Waals surface area contributed by atoms with E-state index in [-0.39, 0.29) is 24.8 Å². The third-order valence-electron chi connectivity index (χ3n) is 3.71. The van der Waals surface area contributed by atoms with Crippen LogP contribution in [0.25, 0.3) is 0 Å². The summed E-state index contributed by atoms with van der Waals surface area (Å²) in [6.07, 6.45) is 1.19. The minimum Gasteiger partial charge on any atom is -0.450 e. The molecular weight excluding hydrogens is 310 g/mol. The number of carbonyl (C=O) groups excluding carboxylic acids is 3. The van der Waals surface area contributed by atoms with E-state index < -0.39 is 6.09 Å². The van der Waals surface area contributed by atoms with Crippen molar-refractivity contribution in [1.82, 2.24) is 10.6 Å². The molecule has 0 saturated carbocycles. The van der Waals surface area contributed by atoms with Gasteiger partial charge in [-0.15, -0.1) is 0 Å². The number of nitrogens with one attached hydrogen (secondary N) is 2. The van der Waals surface area contributed by atoms with Crippen LogP contribution in [-0.4, -0.2) is 37.6 Å². The summed E-state index contributed by atoms with van der Waals surface area (Å²) in [5, 5.41) is 5.29. The molecule has 1 aliphatic rings. The minimum atomic E-state index is -0.516. The average Bonchev–Trinajstić information content (AvgIpc) is 3.00. The van der Waals surface area contributed by atoms with Gasteiger partial charge in [0.15, 0.2) is 0 Å². The molecule has 1 saturated heterocycles. The Morgan fingerprint density at radius 2 is 1.96 bits per heavy atom. The topological polar surface area (TPSA) is 87.7 Å². The standard InChI is InChI=1S/C17H23N3O4/c1-2-24-17(23)18-10-9-15(21)19-12-13-5-7-14(8-6-13)20-11-3-4-16(20)22/h5-8H,2-4,9-12H2,1H3,(H,18,23)(H,19,21). The second-order valence-corrected chi connectivity index (χ2v) is 5.49. The summed E-state index contributed by atoms with van der Waals surface area (Å²) in [5.41, 5.74) is 1.85. The second kappa shape index (κ2) is 8.90. The number of alkyl carbamates (subject to hydrolysis) is 1. The fraction of sp³-hybridized carbons (Fsp3) is 0.471. The molecule has 1 aromatic rings. The first-order valence-corrected chi connectivity index (χ1v) is 8.16. The molecule has 1 aromatic carbocycles. The van der Waals surface area contributed by atoms with E-state index in [0.29, 0.717) is 19.6 Å². The summed E-state index contributed by atoms with van der Waals surface area (Å²) in [6.45, 7) is 3.43. The molecule has 1 aliphatic heterocycles. The maximum absolute atomic E-state index is 11.7. The first kappa shape index (κ1) is 17.8. The molecule has 0 atom stereocenters. The van der Waals surface area contributed by atoms with Gasteiger partial charge in [-0.2, -0.15) is 0 Å². The highest BCUT2D eigenvalue weighted by Gasteiger charge is 2.21. The number of anilines is 1. The normalized spacial score (nSPS) is 13.7. The number of hydrogen-bond acceptors (Lipinski definition) is 4. The van der Waals surface area contributed by atoms with Crippen LogP contribution in [0.15, 0.2) is 24.3 Å². The number of amides is 3. The Hall–Kier alpha value is -2.57. The molecular formula is C17H23N3O4. The van der Waals surface area contributed by atoms with Crippen molar-refractivity contribution in [2.75, 3.05) is 24.6 Å². The van der Waals surface area contributed by atoms with Gasteiger partial charge in [0.05, 0.1) is 6.61 Å². The van der Waals surface area contributed by atoms with Gasteiger partial charge in [0, 0.05) is 38.2 Å². The van der Waals surface area contributed by atoms with Gasteiger partial charge in [-0.1, -0.05) is 12.1 Å². The van der Waals surface area contributed by atoms with Gasteiger partial charge in [-0.3, -0.25) is 9.59 Å². The number of carbonyl (C=O) groups is 3. The van der Waals surface area contributed by atoms with E-state index in [1.54, 1.807) is 11.8 Å². The Morgan fingerprint density at radius 1 is 1.21 bits per heavy atom. The molecule has 1 heterocycles. The lowest BCUT2D eigenvalue weighted by Crippen LogP contribution is -2.30. The Balaban J connectivity index is 1.71. The number of benzene rings is 1. The van der Waals surface area contributed by atoms with Crippen molar-refractivity contribution in [3.05, 3.63) is 29.8 Å². The lowest BCUT2D eigenvalue weighted by molar-refractivity contribution is -0.121. The Bertz CT molecular complexity index is 586. The van der Waals surface area contributed by atoms with E-state index in [4.69, 9.17) is 4.74 Å². The van der Waals surface area contributed by atoms with Crippen molar-refractivity contribution in [1.29, 1.82) is 0 Å². The minimum absolute atomic E-state index is 0.148. The van der Waals surface area contributed by atoms with Crippen LogP contribution in [0.4, 0.5) is 10.5 Å². The highest BCUT2D eigenvalue weighted by molar-refractivity contribution is 5.95. The summed E-state index contributed by atoms with van der Waals surface area (Å²) in [4.78, 5) is 36.3. The van der Waals surface area contributed by atoms with Gasteiger partial charge in [0.1, 0.15) is 0 Å². The van der Waals surface area contributed by atoms with Crippen LogP contribution in [0.3, 0.4) is 0 Å². The number of hydrogen-bond donors (Lipinski definition) is 2. The second-order valence-electron chi connectivity index (χ2n) is 5.49. The van der Waals surface area contributed by atoms with Gasteiger partial charge in [0.2, 0.25) is 11.8 Å². The van der Waals surface area contributed by atoms with Crippen LogP contribution in [0, 0.1) is 0 Å². The molecule has 7 heteroatoms. The van der Waals surface area contributed by atoms with E-state index >= 15 is 0 Å². The predicted octanol–water partition coefficient (Wildman–Crippen LogP) is 1.57. The number of rotatable bonds is 7. The third-order valence-corrected chi connectivity index (χ3v) is 3.71. The van der Waals surface area contributed by atoms with Crippen LogP contribution in [-0.2, 0) is 20.9 Å².